The first-order chi connectivity index (χ1) is 15.9. The van der Waals surface area contributed by atoms with E-state index in [1.807, 2.05) is 0 Å². The molecule has 1 fully saturated rings. The number of halogens is 2. The fourth-order valence-corrected chi connectivity index (χ4v) is 4.27. The average molecular weight is 458 g/mol. The molecule has 1 aliphatic carbocycles. The highest BCUT2D eigenvalue weighted by molar-refractivity contribution is 5.90. The van der Waals surface area contributed by atoms with E-state index in [4.69, 9.17) is 0 Å². The van der Waals surface area contributed by atoms with E-state index in [2.05, 4.69) is 16.0 Å². The molecule has 178 valence electrons. The molecule has 2 aromatic rings. The average Bonchev–Trinajstić information content (AvgIpc) is 2.83. The summed E-state index contributed by atoms with van der Waals surface area (Å²) in [6, 6.07) is 11.3. The van der Waals surface area contributed by atoms with Crippen LogP contribution in [0.5, 0.6) is 0 Å². The fourth-order valence-electron chi connectivity index (χ4n) is 4.27. The van der Waals surface area contributed by atoms with Gasteiger partial charge >= 0.3 is 0 Å². The van der Waals surface area contributed by atoms with Crippen molar-refractivity contribution in [3.8, 4) is 0 Å². The van der Waals surface area contributed by atoms with Crippen molar-refractivity contribution in [1.29, 1.82) is 0 Å². The van der Waals surface area contributed by atoms with Crippen molar-refractivity contribution < 1.29 is 18.4 Å². The van der Waals surface area contributed by atoms with Gasteiger partial charge in [-0.05, 0) is 61.2 Å². The third-order valence-corrected chi connectivity index (χ3v) is 6.29. The highest BCUT2D eigenvalue weighted by Crippen LogP contribution is 2.27. The third-order valence-electron chi connectivity index (χ3n) is 6.29. The molecule has 0 spiro atoms. The first-order valence-electron chi connectivity index (χ1n) is 11.8. The van der Waals surface area contributed by atoms with Crippen molar-refractivity contribution in [2.24, 2.45) is 5.92 Å². The van der Waals surface area contributed by atoms with Crippen molar-refractivity contribution in [1.82, 2.24) is 10.6 Å². The van der Waals surface area contributed by atoms with Gasteiger partial charge in [0, 0.05) is 18.8 Å². The van der Waals surface area contributed by atoms with E-state index in [1.165, 1.54) is 30.7 Å². The van der Waals surface area contributed by atoms with Crippen molar-refractivity contribution in [2.45, 2.75) is 57.4 Å². The Morgan fingerprint density at radius 2 is 1.48 bits per heavy atom. The molecule has 0 heterocycles. The number of benzene rings is 2. The zero-order valence-electron chi connectivity index (χ0n) is 19.1. The van der Waals surface area contributed by atoms with E-state index in [0.717, 1.165) is 31.4 Å². The number of hydrogen-bond acceptors (Lipinski definition) is 3. The molecule has 3 N–H and O–H groups in total. The summed E-state index contributed by atoms with van der Waals surface area (Å²) in [5.41, 5.74) is 1.47. The van der Waals surface area contributed by atoms with Crippen LogP contribution in [0.2, 0.25) is 0 Å². The lowest BCUT2D eigenvalue weighted by molar-refractivity contribution is -0.130. The molecule has 0 bridgehead atoms. The summed E-state index contributed by atoms with van der Waals surface area (Å²) >= 11 is 0. The summed E-state index contributed by atoms with van der Waals surface area (Å²) in [6.07, 6.45) is 6.27. The second-order valence-corrected chi connectivity index (χ2v) is 8.80. The van der Waals surface area contributed by atoms with Crippen LogP contribution in [-0.4, -0.2) is 30.9 Å². The predicted molar refractivity (Wildman–Crippen MR) is 126 cm³/mol. The zero-order chi connectivity index (χ0) is 23.6. The van der Waals surface area contributed by atoms with Gasteiger partial charge < -0.3 is 16.0 Å². The predicted octanol–water partition coefficient (Wildman–Crippen LogP) is 4.75. The largest absolute Gasteiger partial charge is 0.383 e. The SMILES string of the molecule is C[C@@H](C(=O)N[C@@H](CC1CCCCC1)C(=O)NCCNc1ccc(F)cc1)c1ccc(F)cc1. The van der Waals surface area contributed by atoms with Crippen LogP contribution >= 0.6 is 0 Å². The molecule has 33 heavy (non-hydrogen) atoms. The van der Waals surface area contributed by atoms with Crippen molar-refractivity contribution in [3.63, 3.8) is 0 Å². The molecule has 1 saturated carbocycles. The van der Waals surface area contributed by atoms with Gasteiger partial charge in [-0.3, -0.25) is 9.59 Å². The Labute approximate surface area is 194 Å². The first kappa shape index (κ1) is 24.7. The van der Waals surface area contributed by atoms with Gasteiger partial charge in [-0.15, -0.1) is 0 Å². The lowest BCUT2D eigenvalue weighted by Crippen LogP contribution is -2.49. The number of carbonyl (C=O) groups is 2. The Balaban J connectivity index is 1.56. The summed E-state index contributed by atoms with van der Waals surface area (Å²) in [5, 5.41) is 8.97. The minimum atomic E-state index is -0.616. The number of nitrogens with one attached hydrogen (secondary N) is 3. The molecule has 5 nitrogen and oxygen atoms in total. The molecule has 7 heteroatoms. The van der Waals surface area contributed by atoms with Crippen LogP contribution in [0.25, 0.3) is 0 Å². The summed E-state index contributed by atoms with van der Waals surface area (Å²) < 4.78 is 26.2. The summed E-state index contributed by atoms with van der Waals surface area (Å²) in [6.45, 7) is 2.61. The third kappa shape index (κ3) is 7.84. The number of rotatable bonds is 10. The highest BCUT2D eigenvalue weighted by Gasteiger charge is 2.27. The van der Waals surface area contributed by atoms with Gasteiger partial charge in [0.1, 0.15) is 17.7 Å². The van der Waals surface area contributed by atoms with E-state index < -0.39 is 12.0 Å². The molecule has 0 aromatic heterocycles. The van der Waals surface area contributed by atoms with Crippen LogP contribution in [0, 0.1) is 17.6 Å². The van der Waals surface area contributed by atoms with Crippen molar-refractivity contribution in [2.75, 3.05) is 18.4 Å². The van der Waals surface area contributed by atoms with E-state index in [0.29, 0.717) is 31.0 Å². The highest BCUT2D eigenvalue weighted by atomic mass is 19.1. The Hall–Kier alpha value is -2.96. The molecule has 1 aliphatic rings. The number of carbonyl (C=O) groups excluding carboxylic acids is 2. The molecule has 0 unspecified atom stereocenters. The lowest BCUT2D eigenvalue weighted by atomic mass is 9.84. The molecule has 2 amide bonds. The Kier molecular flexibility index (Phi) is 9.22. The molecular weight excluding hydrogens is 424 g/mol. The maximum atomic E-state index is 13.2. The smallest absolute Gasteiger partial charge is 0.242 e. The van der Waals surface area contributed by atoms with Gasteiger partial charge in [0.2, 0.25) is 11.8 Å². The van der Waals surface area contributed by atoms with E-state index >= 15 is 0 Å². The van der Waals surface area contributed by atoms with Crippen LogP contribution < -0.4 is 16.0 Å². The maximum Gasteiger partial charge on any atom is 0.242 e. The topological polar surface area (TPSA) is 70.2 Å². The quantitative estimate of drug-likeness (QED) is 0.451. The molecule has 0 saturated heterocycles. The molecule has 3 rings (SSSR count). The lowest BCUT2D eigenvalue weighted by Gasteiger charge is -2.27. The van der Waals surface area contributed by atoms with Gasteiger partial charge in [-0.25, -0.2) is 8.78 Å². The molecule has 0 aliphatic heterocycles. The van der Waals surface area contributed by atoms with Crippen LogP contribution in [0.15, 0.2) is 48.5 Å². The van der Waals surface area contributed by atoms with Gasteiger partial charge in [-0.2, -0.15) is 0 Å². The number of amides is 2. The van der Waals surface area contributed by atoms with Crippen LogP contribution in [0.4, 0.5) is 14.5 Å². The summed E-state index contributed by atoms with van der Waals surface area (Å²) in [4.78, 5) is 25.9. The Morgan fingerprint density at radius 3 is 2.12 bits per heavy atom. The van der Waals surface area contributed by atoms with Gasteiger partial charge in [-0.1, -0.05) is 44.2 Å². The standard InChI is InChI=1S/C26H33F2N3O2/c1-18(20-7-9-21(27)10-8-20)25(32)31-24(17-19-5-3-2-4-6-19)26(33)30-16-15-29-23-13-11-22(28)12-14-23/h7-14,18-19,24,29H,2-6,15-17H2,1H3,(H,30,33)(H,31,32)/t18-,24+/m1/s1. The monoisotopic (exact) mass is 457 g/mol. The Bertz CT molecular complexity index is 897. The zero-order valence-corrected chi connectivity index (χ0v) is 19.1. The fraction of sp³-hybridized carbons (Fsp3) is 0.462. The molecular formula is C26H33F2N3O2. The molecule has 2 aromatic carbocycles. The van der Waals surface area contributed by atoms with Crippen molar-refractivity contribution in [3.05, 3.63) is 65.7 Å². The minimum absolute atomic E-state index is 0.207. The van der Waals surface area contributed by atoms with E-state index in [1.54, 1.807) is 31.2 Å². The van der Waals surface area contributed by atoms with Gasteiger partial charge in [0.25, 0.3) is 0 Å². The second kappa shape index (κ2) is 12.3. The number of hydrogen-bond donors (Lipinski definition) is 3. The van der Waals surface area contributed by atoms with E-state index in [-0.39, 0.29) is 23.4 Å². The second-order valence-electron chi connectivity index (χ2n) is 8.80. The van der Waals surface area contributed by atoms with Crippen LogP contribution in [-0.2, 0) is 9.59 Å². The van der Waals surface area contributed by atoms with E-state index in [9.17, 15) is 18.4 Å². The molecule has 2 atom stereocenters. The minimum Gasteiger partial charge on any atom is -0.383 e. The van der Waals surface area contributed by atoms with Gasteiger partial charge in [0.05, 0.1) is 5.92 Å². The van der Waals surface area contributed by atoms with Crippen LogP contribution in [0.1, 0.15) is 56.9 Å². The maximum absolute atomic E-state index is 13.2. The number of anilines is 1. The summed E-state index contributed by atoms with van der Waals surface area (Å²) in [5.74, 6) is -1.19. The van der Waals surface area contributed by atoms with Crippen LogP contribution in [0.3, 0.4) is 0 Å². The van der Waals surface area contributed by atoms with Gasteiger partial charge in [0.15, 0.2) is 0 Å². The molecule has 0 radical (unpaired) electrons. The van der Waals surface area contributed by atoms with Crippen molar-refractivity contribution >= 4 is 17.5 Å². The summed E-state index contributed by atoms with van der Waals surface area (Å²) in [7, 11) is 0. The normalized spacial score (nSPS) is 16.0. The Morgan fingerprint density at radius 1 is 0.879 bits per heavy atom. The first-order valence-corrected chi connectivity index (χ1v) is 11.8.